The smallest absolute Gasteiger partial charge is 0.186 e. The quantitative estimate of drug-likeness (QED) is 0.468. The Morgan fingerprint density at radius 3 is 2.62 bits per heavy atom. The molecule has 0 aliphatic rings. The molecule has 0 aliphatic carbocycles. The maximum Gasteiger partial charge on any atom is 0.186 e. The fourth-order valence-corrected chi connectivity index (χ4v) is 1.42. The Balaban J connectivity index is 2.91. The number of rotatable bonds is 2. The van der Waals surface area contributed by atoms with Gasteiger partial charge in [0.1, 0.15) is 0 Å². The van der Waals surface area contributed by atoms with Crippen molar-refractivity contribution in [2.45, 2.75) is 20.8 Å². The van der Waals surface area contributed by atoms with Gasteiger partial charge in [-0.25, -0.2) is 0 Å². The van der Waals surface area contributed by atoms with E-state index in [0.717, 1.165) is 11.3 Å². The number of nitrogens with one attached hydrogen (secondary N) is 2. The van der Waals surface area contributed by atoms with Crippen molar-refractivity contribution in [2.24, 2.45) is 5.10 Å². The number of hydrogen-bond donors (Lipinski definition) is 2. The summed E-state index contributed by atoms with van der Waals surface area (Å²) < 4.78 is 0. The highest BCUT2D eigenvalue weighted by Gasteiger charge is 2.02. The Hall–Kier alpha value is -1.42. The Labute approximate surface area is 102 Å². The minimum Gasteiger partial charge on any atom is -0.364 e. The molecule has 0 saturated heterocycles. The summed E-state index contributed by atoms with van der Waals surface area (Å²) >= 11 is 4.95. The lowest BCUT2D eigenvalue weighted by Crippen LogP contribution is -2.29. The zero-order chi connectivity index (χ0) is 12.1. The lowest BCUT2D eigenvalue weighted by molar-refractivity contribution is 0.973. The standard InChI is InChI=1S/C12H17N3S/c1-8-5-6-9(2)11(7-8)10(3)14-15-12(16)13-4/h5-7H,1-4H3,(H2,13,15,16)/b14-10-. The molecule has 0 amide bonds. The molecule has 0 aromatic heterocycles. The molecule has 16 heavy (non-hydrogen) atoms. The third-order valence-corrected chi connectivity index (χ3v) is 2.63. The van der Waals surface area contributed by atoms with Gasteiger partial charge in [0.25, 0.3) is 0 Å². The predicted molar refractivity (Wildman–Crippen MR) is 72.9 cm³/mol. The predicted octanol–water partition coefficient (Wildman–Crippen LogP) is 2.12. The van der Waals surface area contributed by atoms with Gasteiger partial charge in [-0.1, -0.05) is 17.7 Å². The lowest BCUT2D eigenvalue weighted by atomic mass is 10.0. The molecule has 0 atom stereocenters. The Morgan fingerprint density at radius 1 is 1.31 bits per heavy atom. The summed E-state index contributed by atoms with van der Waals surface area (Å²) in [6, 6.07) is 6.32. The zero-order valence-corrected chi connectivity index (χ0v) is 10.9. The van der Waals surface area contributed by atoms with Crippen molar-refractivity contribution >= 4 is 23.0 Å². The van der Waals surface area contributed by atoms with E-state index in [1.54, 1.807) is 7.05 Å². The second-order valence-corrected chi connectivity index (χ2v) is 4.11. The molecular formula is C12H17N3S. The van der Waals surface area contributed by atoms with Crippen LogP contribution in [-0.4, -0.2) is 17.9 Å². The van der Waals surface area contributed by atoms with E-state index in [0.29, 0.717) is 5.11 Å². The van der Waals surface area contributed by atoms with Crippen molar-refractivity contribution < 1.29 is 0 Å². The second-order valence-electron chi connectivity index (χ2n) is 3.71. The van der Waals surface area contributed by atoms with Gasteiger partial charge in [0.05, 0.1) is 5.71 Å². The zero-order valence-electron chi connectivity index (χ0n) is 10.1. The van der Waals surface area contributed by atoms with Gasteiger partial charge in [0.15, 0.2) is 5.11 Å². The first kappa shape index (κ1) is 12.6. The van der Waals surface area contributed by atoms with Gasteiger partial charge >= 0.3 is 0 Å². The number of nitrogens with zero attached hydrogens (tertiary/aromatic N) is 1. The molecule has 0 saturated carbocycles. The monoisotopic (exact) mass is 235 g/mol. The van der Waals surface area contributed by atoms with Crippen molar-refractivity contribution in [3.63, 3.8) is 0 Å². The van der Waals surface area contributed by atoms with Gasteiger partial charge in [-0.3, -0.25) is 5.43 Å². The van der Waals surface area contributed by atoms with Crippen LogP contribution in [0.1, 0.15) is 23.6 Å². The average Bonchev–Trinajstić information content (AvgIpc) is 2.28. The van der Waals surface area contributed by atoms with Crippen molar-refractivity contribution in [3.05, 3.63) is 34.9 Å². The molecule has 2 N–H and O–H groups in total. The summed E-state index contributed by atoms with van der Waals surface area (Å²) in [4.78, 5) is 0. The van der Waals surface area contributed by atoms with E-state index in [1.807, 2.05) is 6.92 Å². The Bertz CT molecular complexity index is 424. The van der Waals surface area contributed by atoms with Crippen LogP contribution in [0, 0.1) is 13.8 Å². The van der Waals surface area contributed by atoms with E-state index >= 15 is 0 Å². The fraction of sp³-hybridized carbons (Fsp3) is 0.333. The molecular weight excluding hydrogens is 218 g/mol. The topological polar surface area (TPSA) is 36.4 Å². The molecule has 0 heterocycles. The lowest BCUT2D eigenvalue weighted by Gasteiger charge is -2.07. The van der Waals surface area contributed by atoms with Gasteiger partial charge in [-0.15, -0.1) is 0 Å². The molecule has 1 aromatic rings. The highest BCUT2D eigenvalue weighted by Crippen LogP contribution is 2.11. The minimum atomic E-state index is 0.518. The van der Waals surface area contributed by atoms with Crippen molar-refractivity contribution in [3.8, 4) is 0 Å². The van der Waals surface area contributed by atoms with E-state index in [1.165, 1.54) is 11.1 Å². The summed E-state index contributed by atoms with van der Waals surface area (Å²) in [6.45, 7) is 6.11. The third kappa shape index (κ3) is 3.31. The van der Waals surface area contributed by atoms with Gasteiger partial charge in [-0.2, -0.15) is 5.10 Å². The molecule has 0 radical (unpaired) electrons. The summed E-state index contributed by atoms with van der Waals surface area (Å²) in [5, 5.41) is 7.56. The van der Waals surface area contributed by atoms with Crippen LogP contribution in [0.25, 0.3) is 0 Å². The highest BCUT2D eigenvalue weighted by molar-refractivity contribution is 7.80. The second kappa shape index (κ2) is 5.61. The molecule has 0 unspecified atom stereocenters. The SMILES string of the molecule is CNC(=S)N/N=C(/C)c1cc(C)ccc1C. The van der Waals surface area contributed by atoms with E-state index < -0.39 is 0 Å². The fourth-order valence-electron chi connectivity index (χ4n) is 1.38. The maximum absolute atomic E-state index is 4.95. The van der Waals surface area contributed by atoms with Crippen LogP contribution >= 0.6 is 12.2 Å². The van der Waals surface area contributed by atoms with Crippen LogP contribution < -0.4 is 10.7 Å². The third-order valence-electron chi connectivity index (χ3n) is 2.34. The van der Waals surface area contributed by atoms with Gasteiger partial charge in [0, 0.05) is 12.6 Å². The van der Waals surface area contributed by atoms with Gasteiger partial charge < -0.3 is 5.32 Å². The molecule has 0 fully saturated rings. The summed E-state index contributed by atoms with van der Waals surface area (Å²) in [7, 11) is 1.76. The van der Waals surface area contributed by atoms with Crippen LogP contribution in [0.3, 0.4) is 0 Å². The molecule has 0 spiro atoms. The first-order valence-electron chi connectivity index (χ1n) is 5.14. The highest BCUT2D eigenvalue weighted by atomic mass is 32.1. The number of benzene rings is 1. The Morgan fingerprint density at radius 2 is 2.00 bits per heavy atom. The van der Waals surface area contributed by atoms with E-state index in [-0.39, 0.29) is 0 Å². The molecule has 4 heteroatoms. The van der Waals surface area contributed by atoms with Crippen LogP contribution in [0.15, 0.2) is 23.3 Å². The van der Waals surface area contributed by atoms with E-state index in [9.17, 15) is 0 Å². The van der Waals surface area contributed by atoms with Crippen LogP contribution in [0.4, 0.5) is 0 Å². The van der Waals surface area contributed by atoms with Crippen LogP contribution in [0.2, 0.25) is 0 Å². The molecule has 1 aromatic carbocycles. The van der Waals surface area contributed by atoms with Crippen molar-refractivity contribution in [1.82, 2.24) is 10.7 Å². The van der Waals surface area contributed by atoms with Gasteiger partial charge in [0.2, 0.25) is 0 Å². The maximum atomic E-state index is 4.95. The van der Waals surface area contributed by atoms with Crippen molar-refractivity contribution in [2.75, 3.05) is 7.05 Å². The first-order valence-corrected chi connectivity index (χ1v) is 5.55. The van der Waals surface area contributed by atoms with Crippen LogP contribution in [0.5, 0.6) is 0 Å². The van der Waals surface area contributed by atoms with E-state index in [2.05, 4.69) is 47.9 Å². The first-order chi connectivity index (χ1) is 7.54. The number of aryl methyl sites for hydroxylation is 2. The largest absolute Gasteiger partial charge is 0.364 e. The Kier molecular flexibility index (Phi) is 4.43. The van der Waals surface area contributed by atoms with Crippen LogP contribution in [-0.2, 0) is 0 Å². The molecule has 1 rings (SSSR count). The number of hydrazone groups is 1. The van der Waals surface area contributed by atoms with Crippen molar-refractivity contribution in [1.29, 1.82) is 0 Å². The minimum absolute atomic E-state index is 0.518. The summed E-state index contributed by atoms with van der Waals surface area (Å²) in [5.41, 5.74) is 7.30. The molecule has 3 nitrogen and oxygen atoms in total. The van der Waals surface area contributed by atoms with E-state index in [4.69, 9.17) is 12.2 Å². The summed E-state index contributed by atoms with van der Waals surface area (Å²) in [5.74, 6) is 0. The number of hydrogen-bond acceptors (Lipinski definition) is 2. The molecule has 86 valence electrons. The number of thiocarbonyl (C=S) groups is 1. The molecule has 0 bridgehead atoms. The summed E-state index contributed by atoms with van der Waals surface area (Å²) in [6.07, 6.45) is 0. The normalized spacial score (nSPS) is 11.1. The van der Waals surface area contributed by atoms with Gasteiger partial charge in [-0.05, 0) is 44.6 Å². The average molecular weight is 235 g/mol. The molecule has 0 aliphatic heterocycles.